The molecular formula is C13H16FNO2. The topological polar surface area (TPSA) is 30.5 Å². The van der Waals surface area contributed by atoms with Crippen LogP contribution in [0.1, 0.15) is 24.8 Å². The number of benzene rings is 1. The van der Waals surface area contributed by atoms with Crippen LogP contribution in [0.15, 0.2) is 12.1 Å². The van der Waals surface area contributed by atoms with Gasteiger partial charge in [0.2, 0.25) is 6.79 Å². The highest BCUT2D eigenvalue weighted by Gasteiger charge is 2.20. The fraction of sp³-hybridized carbons (Fsp3) is 0.538. The van der Waals surface area contributed by atoms with Crippen LogP contribution in [0.4, 0.5) is 4.39 Å². The van der Waals surface area contributed by atoms with Crippen molar-refractivity contribution < 1.29 is 13.9 Å². The Morgan fingerprint density at radius 2 is 2.06 bits per heavy atom. The van der Waals surface area contributed by atoms with E-state index >= 15 is 0 Å². The lowest BCUT2D eigenvalue weighted by Crippen LogP contribution is -2.35. The third-order valence-electron chi connectivity index (χ3n) is 3.42. The SMILES string of the molecule is Fc1cc2c(cc1CC1CCCCN1)OCO2. The van der Waals surface area contributed by atoms with Gasteiger partial charge in [-0.1, -0.05) is 6.42 Å². The van der Waals surface area contributed by atoms with E-state index < -0.39 is 0 Å². The smallest absolute Gasteiger partial charge is 0.231 e. The number of ether oxygens (including phenoxy) is 2. The van der Waals surface area contributed by atoms with Gasteiger partial charge in [-0.25, -0.2) is 4.39 Å². The van der Waals surface area contributed by atoms with Gasteiger partial charge in [-0.2, -0.15) is 0 Å². The minimum atomic E-state index is -0.193. The summed E-state index contributed by atoms with van der Waals surface area (Å²) in [5.74, 6) is 0.988. The monoisotopic (exact) mass is 237 g/mol. The quantitative estimate of drug-likeness (QED) is 0.855. The van der Waals surface area contributed by atoms with Gasteiger partial charge in [0.15, 0.2) is 11.5 Å². The van der Waals surface area contributed by atoms with Crippen molar-refractivity contribution in [3.63, 3.8) is 0 Å². The molecule has 4 heteroatoms. The fourth-order valence-electron chi connectivity index (χ4n) is 2.48. The fourth-order valence-corrected chi connectivity index (χ4v) is 2.48. The summed E-state index contributed by atoms with van der Waals surface area (Å²) in [4.78, 5) is 0. The Bertz CT molecular complexity index is 416. The molecule has 17 heavy (non-hydrogen) atoms. The third kappa shape index (κ3) is 2.22. The number of nitrogens with one attached hydrogen (secondary N) is 1. The van der Waals surface area contributed by atoms with Crippen LogP contribution in [0.3, 0.4) is 0 Å². The van der Waals surface area contributed by atoms with E-state index in [0.29, 0.717) is 23.1 Å². The lowest BCUT2D eigenvalue weighted by Gasteiger charge is -2.23. The van der Waals surface area contributed by atoms with Crippen molar-refractivity contribution >= 4 is 0 Å². The van der Waals surface area contributed by atoms with Crippen LogP contribution >= 0.6 is 0 Å². The summed E-state index contributed by atoms with van der Waals surface area (Å²) in [5, 5.41) is 3.42. The highest BCUT2D eigenvalue weighted by Crippen LogP contribution is 2.34. The van der Waals surface area contributed by atoms with Crippen molar-refractivity contribution in [2.24, 2.45) is 0 Å². The molecule has 1 aromatic carbocycles. The molecule has 3 rings (SSSR count). The second-order valence-corrected chi connectivity index (χ2v) is 4.65. The zero-order chi connectivity index (χ0) is 11.7. The van der Waals surface area contributed by atoms with Crippen LogP contribution in [0.2, 0.25) is 0 Å². The molecular weight excluding hydrogens is 221 g/mol. The third-order valence-corrected chi connectivity index (χ3v) is 3.42. The van der Waals surface area contributed by atoms with Crippen LogP contribution in [-0.2, 0) is 6.42 Å². The number of hydrogen-bond acceptors (Lipinski definition) is 3. The molecule has 0 spiro atoms. The van der Waals surface area contributed by atoms with E-state index in [0.717, 1.165) is 19.4 Å². The summed E-state index contributed by atoms with van der Waals surface area (Å²) in [6, 6.07) is 3.59. The maximum absolute atomic E-state index is 13.8. The normalized spacial score (nSPS) is 22.8. The molecule has 2 aliphatic heterocycles. The summed E-state index contributed by atoms with van der Waals surface area (Å²) < 4.78 is 24.3. The zero-order valence-corrected chi connectivity index (χ0v) is 9.67. The number of hydrogen-bond donors (Lipinski definition) is 1. The van der Waals surface area contributed by atoms with E-state index in [-0.39, 0.29) is 12.6 Å². The predicted octanol–water partition coefficient (Wildman–Crippen LogP) is 2.24. The van der Waals surface area contributed by atoms with Gasteiger partial charge in [0.25, 0.3) is 0 Å². The van der Waals surface area contributed by atoms with E-state index in [2.05, 4.69) is 5.32 Å². The van der Waals surface area contributed by atoms with Crippen molar-refractivity contribution in [1.29, 1.82) is 0 Å². The molecule has 1 fully saturated rings. The number of fused-ring (bicyclic) bond motifs is 1. The zero-order valence-electron chi connectivity index (χ0n) is 9.67. The maximum atomic E-state index is 13.8. The summed E-state index contributed by atoms with van der Waals surface area (Å²) in [7, 11) is 0. The first-order chi connectivity index (χ1) is 8.33. The molecule has 0 saturated carbocycles. The standard InChI is InChI=1S/C13H16FNO2/c14-11-7-13-12(16-8-17-13)6-9(11)5-10-3-1-2-4-15-10/h6-7,10,15H,1-5,8H2. The average molecular weight is 237 g/mol. The Balaban J connectivity index is 1.78. The molecule has 1 N–H and O–H groups in total. The van der Waals surface area contributed by atoms with Crippen LogP contribution in [-0.4, -0.2) is 19.4 Å². The second kappa shape index (κ2) is 4.53. The largest absolute Gasteiger partial charge is 0.454 e. The van der Waals surface area contributed by atoms with Crippen LogP contribution < -0.4 is 14.8 Å². The number of halogens is 1. The molecule has 1 atom stereocenters. The highest BCUT2D eigenvalue weighted by molar-refractivity contribution is 5.45. The maximum Gasteiger partial charge on any atom is 0.231 e. The number of rotatable bonds is 2. The van der Waals surface area contributed by atoms with E-state index in [1.807, 2.05) is 0 Å². The van der Waals surface area contributed by atoms with Crippen molar-refractivity contribution in [2.45, 2.75) is 31.7 Å². The first kappa shape index (κ1) is 10.8. The Morgan fingerprint density at radius 3 is 2.82 bits per heavy atom. The summed E-state index contributed by atoms with van der Waals surface area (Å²) in [5.41, 5.74) is 0.716. The van der Waals surface area contributed by atoms with Crippen molar-refractivity contribution in [3.05, 3.63) is 23.5 Å². The molecule has 2 aliphatic rings. The molecule has 2 heterocycles. The number of piperidine rings is 1. The summed E-state index contributed by atoms with van der Waals surface area (Å²) in [6.45, 7) is 1.23. The summed E-state index contributed by atoms with van der Waals surface area (Å²) >= 11 is 0. The van der Waals surface area contributed by atoms with Crippen LogP contribution in [0, 0.1) is 5.82 Å². The van der Waals surface area contributed by atoms with Gasteiger partial charge >= 0.3 is 0 Å². The minimum Gasteiger partial charge on any atom is -0.454 e. The van der Waals surface area contributed by atoms with Crippen molar-refractivity contribution in [1.82, 2.24) is 5.32 Å². The highest BCUT2D eigenvalue weighted by atomic mass is 19.1. The Hall–Kier alpha value is -1.29. The van der Waals surface area contributed by atoms with Crippen LogP contribution in [0.25, 0.3) is 0 Å². The molecule has 1 saturated heterocycles. The van der Waals surface area contributed by atoms with Gasteiger partial charge in [0.1, 0.15) is 5.82 Å². The average Bonchev–Trinajstić information content (AvgIpc) is 2.78. The predicted molar refractivity (Wildman–Crippen MR) is 61.9 cm³/mol. The van der Waals surface area contributed by atoms with E-state index in [9.17, 15) is 4.39 Å². The second-order valence-electron chi connectivity index (χ2n) is 4.65. The van der Waals surface area contributed by atoms with Crippen LogP contribution in [0.5, 0.6) is 11.5 Å². The van der Waals surface area contributed by atoms with E-state index in [4.69, 9.17) is 9.47 Å². The molecule has 0 amide bonds. The molecule has 0 aromatic heterocycles. The van der Waals surface area contributed by atoms with Gasteiger partial charge in [0.05, 0.1) is 0 Å². The van der Waals surface area contributed by atoms with Gasteiger partial charge < -0.3 is 14.8 Å². The Labute approximate surface area is 99.9 Å². The van der Waals surface area contributed by atoms with E-state index in [1.165, 1.54) is 18.9 Å². The Kier molecular flexibility index (Phi) is 2.89. The lowest BCUT2D eigenvalue weighted by molar-refractivity contribution is 0.174. The first-order valence-corrected chi connectivity index (χ1v) is 6.14. The van der Waals surface area contributed by atoms with Crippen molar-refractivity contribution in [3.8, 4) is 11.5 Å². The van der Waals surface area contributed by atoms with Gasteiger partial charge in [-0.15, -0.1) is 0 Å². The van der Waals surface area contributed by atoms with Crippen molar-refractivity contribution in [2.75, 3.05) is 13.3 Å². The Morgan fingerprint density at radius 1 is 1.24 bits per heavy atom. The molecule has 1 unspecified atom stereocenters. The molecule has 3 nitrogen and oxygen atoms in total. The van der Waals surface area contributed by atoms with Gasteiger partial charge in [-0.3, -0.25) is 0 Å². The minimum absolute atomic E-state index is 0.193. The molecule has 0 radical (unpaired) electrons. The molecule has 92 valence electrons. The molecule has 0 bridgehead atoms. The van der Waals surface area contributed by atoms with E-state index in [1.54, 1.807) is 6.07 Å². The van der Waals surface area contributed by atoms with Gasteiger partial charge in [0, 0.05) is 12.1 Å². The van der Waals surface area contributed by atoms with Gasteiger partial charge in [-0.05, 0) is 37.4 Å². The summed E-state index contributed by atoms with van der Waals surface area (Å²) in [6.07, 6.45) is 4.29. The lowest BCUT2D eigenvalue weighted by atomic mass is 9.97. The molecule has 0 aliphatic carbocycles. The molecule has 1 aromatic rings. The first-order valence-electron chi connectivity index (χ1n) is 6.14.